The van der Waals surface area contributed by atoms with Crippen LogP contribution in [0.15, 0.2) is 17.5 Å². The summed E-state index contributed by atoms with van der Waals surface area (Å²) in [5, 5.41) is 7.32. The molecule has 0 atom stereocenters. The zero-order chi connectivity index (χ0) is 19.0. The lowest BCUT2D eigenvalue weighted by Crippen LogP contribution is -2.25. The highest BCUT2D eigenvalue weighted by Gasteiger charge is 2.17. The van der Waals surface area contributed by atoms with E-state index in [9.17, 15) is 4.79 Å². The molecule has 5 nitrogen and oxygen atoms in total. The SMILES string of the molecule is Cc1cc(C)c2[nH]c(C)c(CC(=O)NCc3csc(N4CCCC4)n3)c2c1. The van der Waals surface area contributed by atoms with Crippen molar-refractivity contribution in [2.45, 2.75) is 46.6 Å². The third-order valence-electron chi connectivity index (χ3n) is 5.29. The van der Waals surface area contributed by atoms with Crippen LogP contribution in [0.3, 0.4) is 0 Å². The molecule has 2 aromatic heterocycles. The predicted octanol–water partition coefficient (Wildman–Crippen LogP) is 4.01. The zero-order valence-corrected chi connectivity index (χ0v) is 17.0. The van der Waals surface area contributed by atoms with Gasteiger partial charge in [0.2, 0.25) is 5.91 Å². The molecule has 1 aliphatic rings. The van der Waals surface area contributed by atoms with Crippen LogP contribution < -0.4 is 10.2 Å². The fraction of sp³-hybridized carbons (Fsp3) is 0.429. The second-order valence-electron chi connectivity index (χ2n) is 7.50. The second kappa shape index (κ2) is 7.35. The number of thiazole rings is 1. The summed E-state index contributed by atoms with van der Waals surface area (Å²) in [4.78, 5) is 23.0. The lowest BCUT2D eigenvalue weighted by molar-refractivity contribution is -0.120. The predicted molar refractivity (Wildman–Crippen MR) is 112 cm³/mol. The molecule has 1 fully saturated rings. The molecule has 4 rings (SSSR count). The first-order chi connectivity index (χ1) is 13.0. The molecule has 0 spiro atoms. The Bertz CT molecular complexity index is 982. The molecular formula is C21H26N4OS. The number of aromatic nitrogens is 2. The van der Waals surface area contributed by atoms with E-state index in [4.69, 9.17) is 0 Å². The van der Waals surface area contributed by atoms with Crippen molar-refractivity contribution in [2.75, 3.05) is 18.0 Å². The van der Waals surface area contributed by atoms with Crippen molar-refractivity contribution in [2.24, 2.45) is 0 Å². The van der Waals surface area contributed by atoms with Gasteiger partial charge in [0.05, 0.1) is 18.7 Å². The van der Waals surface area contributed by atoms with Crippen LogP contribution >= 0.6 is 11.3 Å². The van der Waals surface area contributed by atoms with E-state index in [2.05, 4.69) is 51.5 Å². The van der Waals surface area contributed by atoms with E-state index in [1.807, 2.05) is 6.92 Å². The molecule has 0 aliphatic carbocycles. The molecule has 0 unspecified atom stereocenters. The van der Waals surface area contributed by atoms with Crippen LogP contribution in [-0.2, 0) is 17.8 Å². The number of carbonyl (C=O) groups excluding carboxylic acids is 1. The van der Waals surface area contributed by atoms with E-state index in [1.165, 1.54) is 24.0 Å². The van der Waals surface area contributed by atoms with E-state index in [1.54, 1.807) is 11.3 Å². The van der Waals surface area contributed by atoms with Crippen LogP contribution in [0.25, 0.3) is 10.9 Å². The number of H-pyrrole nitrogens is 1. The van der Waals surface area contributed by atoms with Crippen molar-refractivity contribution < 1.29 is 4.79 Å². The van der Waals surface area contributed by atoms with E-state index >= 15 is 0 Å². The first-order valence-electron chi connectivity index (χ1n) is 9.55. The van der Waals surface area contributed by atoms with Crippen LogP contribution in [0, 0.1) is 20.8 Å². The minimum Gasteiger partial charge on any atom is -0.358 e. The highest BCUT2D eigenvalue weighted by molar-refractivity contribution is 7.13. The molecule has 3 aromatic rings. The van der Waals surface area contributed by atoms with Gasteiger partial charge >= 0.3 is 0 Å². The van der Waals surface area contributed by atoms with Gasteiger partial charge in [-0.05, 0) is 50.8 Å². The van der Waals surface area contributed by atoms with E-state index in [0.717, 1.165) is 46.1 Å². The van der Waals surface area contributed by atoms with Gasteiger partial charge in [-0.2, -0.15) is 0 Å². The minimum atomic E-state index is 0.0360. The molecule has 1 saturated heterocycles. The molecule has 3 heterocycles. The highest BCUT2D eigenvalue weighted by atomic mass is 32.1. The normalized spacial score (nSPS) is 14.3. The highest BCUT2D eigenvalue weighted by Crippen LogP contribution is 2.27. The average Bonchev–Trinajstić information content (AvgIpc) is 3.35. The van der Waals surface area contributed by atoms with Crippen molar-refractivity contribution in [3.05, 3.63) is 45.6 Å². The summed E-state index contributed by atoms with van der Waals surface area (Å²) < 4.78 is 0. The fourth-order valence-corrected chi connectivity index (χ4v) is 4.79. The number of hydrogen-bond donors (Lipinski definition) is 2. The monoisotopic (exact) mass is 382 g/mol. The molecule has 27 heavy (non-hydrogen) atoms. The molecule has 6 heteroatoms. The van der Waals surface area contributed by atoms with E-state index in [-0.39, 0.29) is 5.91 Å². The second-order valence-corrected chi connectivity index (χ2v) is 8.34. The Kier molecular flexibility index (Phi) is 4.91. The third kappa shape index (κ3) is 3.72. The number of anilines is 1. The van der Waals surface area contributed by atoms with Gasteiger partial charge in [-0.1, -0.05) is 11.6 Å². The van der Waals surface area contributed by atoms with Crippen molar-refractivity contribution in [1.82, 2.24) is 15.3 Å². The first kappa shape index (κ1) is 18.0. The van der Waals surface area contributed by atoms with Crippen LogP contribution in [0.5, 0.6) is 0 Å². The third-order valence-corrected chi connectivity index (χ3v) is 6.24. The maximum Gasteiger partial charge on any atom is 0.224 e. The first-order valence-corrected chi connectivity index (χ1v) is 10.4. The number of amides is 1. The van der Waals surface area contributed by atoms with Crippen molar-refractivity contribution in [3.8, 4) is 0 Å². The molecule has 142 valence electrons. The molecule has 0 saturated carbocycles. The lowest BCUT2D eigenvalue weighted by atomic mass is 10.0. The Morgan fingerprint density at radius 3 is 2.81 bits per heavy atom. The van der Waals surface area contributed by atoms with Gasteiger partial charge in [0, 0.05) is 35.1 Å². The van der Waals surface area contributed by atoms with Gasteiger partial charge in [-0.3, -0.25) is 4.79 Å². The van der Waals surface area contributed by atoms with Crippen LogP contribution in [0.4, 0.5) is 5.13 Å². The van der Waals surface area contributed by atoms with Gasteiger partial charge in [-0.15, -0.1) is 11.3 Å². The quantitative estimate of drug-likeness (QED) is 0.701. The molecule has 1 amide bonds. The molecule has 1 aliphatic heterocycles. The Morgan fingerprint density at radius 1 is 1.26 bits per heavy atom. The summed E-state index contributed by atoms with van der Waals surface area (Å²) in [5.74, 6) is 0.0360. The molecule has 0 bridgehead atoms. The Morgan fingerprint density at radius 2 is 2.04 bits per heavy atom. The van der Waals surface area contributed by atoms with Gasteiger partial charge in [0.1, 0.15) is 0 Å². The van der Waals surface area contributed by atoms with Crippen molar-refractivity contribution >= 4 is 33.3 Å². The number of aromatic amines is 1. The zero-order valence-electron chi connectivity index (χ0n) is 16.2. The van der Waals surface area contributed by atoms with Crippen LogP contribution in [0.2, 0.25) is 0 Å². The van der Waals surface area contributed by atoms with Crippen molar-refractivity contribution in [3.63, 3.8) is 0 Å². The molecular weight excluding hydrogens is 356 g/mol. The van der Waals surface area contributed by atoms with Crippen LogP contribution in [-0.4, -0.2) is 29.0 Å². The number of rotatable bonds is 5. The number of fused-ring (bicyclic) bond motifs is 1. The molecule has 1 aromatic carbocycles. The average molecular weight is 383 g/mol. The van der Waals surface area contributed by atoms with Gasteiger partial charge in [-0.25, -0.2) is 4.98 Å². The number of aryl methyl sites for hydroxylation is 3. The Balaban J connectivity index is 1.43. The maximum absolute atomic E-state index is 12.6. The summed E-state index contributed by atoms with van der Waals surface area (Å²) >= 11 is 1.67. The van der Waals surface area contributed by atoms with Crippen molar-refractivity contribution in [1.29, 1.82) is 0 Å². The van der Waals surface area contributed by atoms with Crippen LogP contribution in [0.1, 0.15) is 40.9 Å². The summed E-state index contributed by atoms with van der Waals surface area (Å²) in [7, 11) is 0. The maximum atomic E-state index is 12.6. The Hall–Kier alpha value is -2.34. The summed E-state index contributed by atoms with van der Waals surface area (Å²) in [6.45, 7) is 8.92. The van der Waals surface area contributed by atoms with E-state index in [0.29, 0.717) is 13.0 Å². The summed E-state index contributed by atoms with van der Waals surface area (Å²) in [5.41, 5.74) is 6.67. The summed E-state index contributed by atoms with van der Waals surface area (Å²) in [6, 6.07) is 4.33. The standard InChI is InChI=1S/C21H26N4OS/c1-13-8-14(2)20-18(9-13)17(15(3)23-20)10-19(26)22-11-16-12-27-21(24-16)25-6-4-5-7-25/h8-9,12,23H,4-7,10-11H2,1-3H3,(H,22,26). The largest absolute Gasteiger partial charge is 0.358 e. The van der Waals surface area contributed by atoms with Gasteiger partial charge < -0.3 is 15.2 Å². The fourth-order valence-electron chi connectivity index (χ4n) is 3.91. The number of nitrogens with one attached hydrogen (secondary N) is 2. The Labute approximate surface area is 163 Å². The minimum absolute atomic E-state index is 0.0360. The molecule has 2 N–H and O–H groups in total. The summed E-state index contributed by atoms with van der Waals surface area (Å²) in [6.07, 6.45) is 2.88. The number of carbonyl (C=O) groups is 1. The molecule has 0 radical (unpaired) electrons. The van der Waals surface area contributed by atoms with Gasteiger partial charge in [0.15, 0.2) is 5.13 Å². The van der Waals surface area contributed by atoms with E-state index < -0.39 is 0 Å². The number of nitrogens with zero attached hydrogens (tertiary/aromatic N) is 2. The topological polar surface area (TPSA) is 61.0 Å². The smallest absolute Gasteiger partial charge is 0.224 e. The lowest BCUT2D eigenvalue weighted by Gasteiger charge is -2.12. The number of hydrogen-bond acceptors (Lipinski definition) is 4. The number of benzene rings is 1. The van der Waals surface area contributed by atoms with Gasteiger partial charge in [0.25, 0.3) is 0 Å².